The molecule has 0 N–H and O–H groups in total. The van der Waals surface area contributed by atoms with E-state index in [1.165, 1.54) is 36.7 Å². The molecule has 4 rings (SSSR count). The van der Waals surface area contributed by atoms with Gasteiger partial charge in [0.1, 0.15) is 11.6 Å². The first-order valence-electron chi connectivity index (χ1n) is 9.50. The molecule has 0 fully saturated rings. The Balaban J connectivity index is 0.00000324. The van der Waals surface area contributed by atoms with E-state index in [0.29, 0.717) is 23.0 Å². The van der Waals surface area contributed by atoms with Crippen LogP contribution in [0.5, 0.6) is 0 Å². The molecule has 4 heterocycles. The van der Waals surface area contributed by atoms with Gasteiger partial charge in [0.15, 0.2) is 0 Å². The van der Waals surface area contributed by atoms with Crippen molar-refractivity contribution in [3.05, 3.63) is 92.8 Å². The van der Waals surface area contributed by atoms with E-state index in [1.807, 2.05) is 0 Å². The average molecular weight is 637 g/mol. The zero-order chi connectivity index (χ0) is 23.6. The van der Waals surface area contributed by atoms with E-state index in [-0.39, 0.29) is 44.1 Å². The van der Waals surface area contributed by atoms with E-state index >= 15 is 0 Å². The molecule has 12 nitrogen and oxygen atoms in total. The number of nitro groups is 2. The fourth-order valence-electron chi connectivity index (χ4n) is 2.91. The van der Waals surface area contributed by atoms with Crippen molar-refractivity contribution < 1.29 is 30.9 Å². The Hall–Kier alpha value is -4.05. The molecule has 0 aliphatic heterocycles. The van der Waals surface area contributed by atoms with Gasteiger partial charge in [-0.3, -0.25) is 9.97 Å². The Morgan fingerprint density at radius 1 is 0.735 bits per heavy atom. The fourth-order valence-corrected chi connectivity index (χ4v) is 2.91. The van der Waals surface area contributed by atoms with Gasteiger partial charge in [-0.2, -0.15) is 12.1 Å². The molecule has 0 aliphatic carbocycles. The fraction of sp³-hybridized carbons (Fsp3) is 0.143. The predicted octanol–water partition coefficient (Wildman–Crippen LogP) is 3.13. The number of rotatable bonds is 6. The molecule has 0 radical (unpaired) electrons. The summed E-state index contributed by atoms with van der Waals surface area (Å²) in [7, 11) is 0. The van der Waals surface area contributed by atoms with Crippen molar-refractivity contribution in [2.24, 2.45) is 0 Å². The van der Waals surface area contributed by atoms with Crippen LogP contribution in [0.15, 0.2) is 48.8 Å². The average Bonchev–Trinajstić information content (AvgIpc) is 2.84. The van der Waals surface area contributed by atoms with Crippen LogP contribution in [0.4, 0.5) is 11.6 Å². The normalized spacial score (nSPS) is 10.9. The van der Waals surface area contributed by atoms with Gasteiger partial charge in [-0.15, -0.1) is 12.1 Å². The van der Waals surface area contributed by atoms with Gasteiger partial charge in [-0.05, 0) is 23.7 Å². The third-order valence-corrected chi connectivity index (χ3v) is 4.65. The summed E-state index contributed by atoms with van der Waals surface area (Å²) in [5.74, 6) is 0.0458. The second kappa shape index (κ2) is 9.84. The Morgan fingerprint density at radius 3 is 1.53 bits per heavy atom. The van der Waals surface area contributed by atoms with Crippen molar-refractivity contribution in [2.45, 2.75) is 19.3 Å². The van der Waals surface area contributed by atoms with Gasteiger partial charge < -0.3 is 20.2 Å². The monoisotopic (exact) mass is 637 g/mol. The first-order chi connectivity index (χ1) is 15.8. The summed E-state index contributed by atoms with van der Waals surface area (Å²) in [6, 6.07) is 14.1. The van der Waals surface area contributed by atoms with Gasteiger partial charge in [0, 0.05) is 23.8 Å². The standard InChI is InChI=1S/C21H14N8O4.Pt/c1-21(2,19-22-11-9-15(26-19)13-5-3-7-17(24-13)28(30)31)20-23-12-10-16(27-20)14-6-4-8-18(25-14)29(32)33;/h3-4,7-12H,1-2H3;/q-2;+2. The van der Waals surface area contributed by atoms with E-state index in [2.05, 4.69) is 42.0 Å². The van der Waals surface area contributed by atoms with Gasteiger partial charge in [0.2, 0.25) is 0 Å². The molecule has 0 saturated heterocycles. The second-order valence-electron chi connectivity index (χ2n) is 7.26. The number of hydrogen-bond donors (Lipinski definition) is 0. The van der Waals surface area contributed by atoms with Crippen molar-refractivity contribution in [1.29, 1.82) is 0 Å². The van der Waals surface area contributed by atoms with Gasteiger partial charge in [-0.1, -0.05) is 34.2 Å². The minimum Gasteiger partial charge on any atom is -0.359 e. The number of pyridine rings is 2. The third-order valence-electron chi connectivity index (χ3n) is 4.65. The summed E-state index contributed by atoms with van der Waals surface area (Å²) in [6.07, 6.45) is 3.01. The quantitative estimate of drug-likeness (QED) is 0.174. The number of aromatic nitrogens is 6. The molecule has 34 heavy (non-hydrogen) atoms. The maximum Gasteiger partial charge on any atom is 2.00 e. The zero-order valence-electron chi connectivity index (χ0n) is 17.6. The van der Waals surface area contributed by atoms with Crippen LogP contribution in [0.25, 0.3) is 22.8 Å². The molecule has 0 saturated carbocycles. The molecular weight excluding hydrogens is 623 g/mol. The Labute approximate surface area is 207 Å². The minimum atomic E-state index is -0.895. The summed E-state index contributed by atoms with van der Waals surface area (Å²) in [4.78, 5) is 46.5. The smallest absolute Gasteiger partial charge is 0.359 e. The molecule has 13 heteroatoms. The summed E-state index contributed by atoms with van der Waals surface area (Å²) in [6.45, 7) is 3.61. The largest absolute Gasteiger partial charge is 2.00 e. The maximum atomic E-state index is 11.0. The molecular formula is C21H14N8O4Pt. The molecule has 0 unspecified atom stereocenters. The van der Waals surface area contributed by atoms with E-state index in [1.54, 1.807) is 26.0 Å². The molecule has 4 aromatic heterocycles. The van der Waals surface area contributed by atoms with Crippen LogP contribution in [0.3, 0.4) is 0 Å². The third kappa shape index (κ3) is 4.96. The molecule has 0 aromatic carbocycles. The first-order valence-corrected chi connectivity index (χ1v) is 9.50. The van der Waals surface area contributed by atoms with Gasteiger partial charge >= 0.3 is 32.7 Å². The molecule has 0 amide bonds. The van der Waals surface area contributed by atoms with Crippen LogP contribution in [0.2, 0.25) is 0 Å². The summed E-state index contributed by atoms with van der Waals surface area (Å²) in [5.41, 5.74) is 0.207. The maximum absolute atomic E-state index is 11.0. The molecule has 172 valence electrons. The van der Waals surface area contributed by atoms with Crippen LogP contribution in [-0.2, 0) is 26.5 Å². The molecule has 4 aromatic rings. The van der Waals surface area contributed by atoms with Crippen LogP contribution in [0.1, 0.15) is 25.5 Å². The van der Waals surface area contributed by atoms with E-state index in [0.717, 1.165) is 0 Å². The number of nitrogens with zero attached hydrogens (tertiary/aromatic N) is 8. The SMILES string of the molecule is CC(C)(c1nccc(-c2[c-]ccc([N+](=O)[O-])n2)n1)c1nccc(-c2[c-]ccc([N+](=O)[O-])n2)n1.[Pt+2]. The van der Waals surface area contributed by atoms with Crippen molar-refractivity contribution in [3.8, 4) is 22.8 Å². The summed E-state index contributed by atoms with van der Waals surface area (Å²) in [5, 5.41) is 22.1. The van der Waals surface area contributed by atoms with Crippen LogP contribution >= 0.6 is 0 Å². The molecule has 0 bridgehead atoms. The van der Waals surface area contributed by atoms with Crippen molar-refractivity contribution in [1.82, 2.24) is 29.9 Å². The molecule has 0 spiro atoms. The van der Waals surface area contributed by atoms with Gasteiger partial charge in [0.25, 0.3) is 0 Å². The second-order valence-corrected chi connectivity index (χ2v) is 7.26. The number of hydrogen-bond acceptors (Lipinski definition) is 10. The molecule has 0 aliphatic rings. The van der Waals surface area contributed by atoms with E-state index < -0.39 is 15.3 Å². The zero-order valence-corrected chi connectivity index (χ0v) is 19.9. The van der Waals surface area contributed by atoms with E-state index in [9.17, 15) is 20.2 Å². The molecule has 0 atom stereocenters. The Kier molecular flexibility index (Phi) is 7.11. The van der Waals surface area contributed by atoms with Crippen LogP contribution in [0, 0.1) is 32.4 Å². The van der Waals surface area contributed by atoms with Crippen LogP contribution in [-0.4, -0.2) is 39.8 Å². The summed E-state index contributed by atoms with van der Waals surface area (Å²) >= 11 is 0. The topological polar surface area (TPSA) is 164 Å². The van der Waals surface area contributed by atoms with Crippen molar-refractivity contribution in [3.63, 3.8) is 0 Å². The first kappa shape index (κ1) is 24.6. The van der Waals surface area contributed by atoms with Crippen molar-refractivity contribution in [2.75, 3.05) is 0 Å². The minimum absolute atomic E-state index is 0. The van der Waals surface area contributed by atoms with Gasteiger partial charge in [-0.25, -0.2) is 9.97 Å². The van der Waals surface area contributed by atoms with E-state index in [4.69, 9.17) is 0 Å². The summed E-state index contributed by atoms with van der Waals surface area (Å²) < 4.78 is 0. The van der Waals surface area contributed by atoms with Crippen molar-refractivity contribution >= 4 is 11.6 Å². The Bertz CT molecular complexity index is 1280. The Morgan fingerprint density at radius 2 is 1.15 bits per heavy atom. The van der Waals surface area contributed by atoms with Gasteiger partial charge in [0.05, 0.1) is 16.8 Å². The predicted molar refractivity (Wildman–Crippen MR) is 114 cm³/mol. The van der Waals surface area contributed by atoms with Crippen LogP contribution < -0.4 is 0 Å².